The molecule has 1 heterocycles. The summed E-state index contributed by atoms with van der Waals surface area (Å²) < 4.78 is 0. The molecule has 5 heteroatoms. The molecular weight excluding hydrogens is 374 g/mol. The molecule has 0 bridgehead atoms. The number of carbonyl (C=O) groups is 2. The summed E-state index contributed by atoms with van der Waals surface area (Å²) in [5.74, 6) is -0.0441. The summed E-state index contributed by atoms with van der Waals surface area (Å²) >= 11 is 0. The van der Waals surface area contributed by atoms with Gasteiger partial charge in [0.15, 0.2) is 0 Å². The Labute approximate surface area is 176 Å². The van der Waals surface area contributed by atoms with Crippen LogP contribution >= 0.6 is 0 Å². The molecular formula is C25H25N3O2. The van der Waals surface area contributed by atoms with E-state index in [1.807, 2.05) is 55.5 Å². The number of amides is 3. The van der Waals surface area contributed by atoms with E-state index in [4.69, 9.17) is 0 Å². The third kappa shape index (κ3) is 4.20. The standard InChI is InChI=1S/C25H25N3O2/c1-18-16-21(12-13-23(18)28-15-14-26-25(28)30)24(29)27-17-22(19-8-4-2-5-9-19)20-10-6-3-7-11-20/h2-13,16,22H,14-15,17H2,1H3,(H,26,30)(H,27,29). The largest absolute Gasteiger partial charge is 0.351 e. The first-order chi connectivity index (χ1) is 14.6. The second-order valence-electron chi connectivity index (χ2n) is 7.47. The van der Waals surface area contributed by atoms with Gasteiger partial charge in [-0.05, 0) is 41.8 Å². The van der Waals surface area contributed by atoms with Gasteiger partial charge in [-0.15, -0.1) is 0 Å². The molecule has 0 aliphatic carbocycles. The first-order valence-electron chi connectivity index (χ1n) is 10.2. The number of nitrogens with one attached hydrogen (secondary N) is 2. The Balaban J connectivity index is 1.50. The lowest BCUT2D eigenvalue weighted by Gasteiger charge is -2.20. The van der Waals surface area contributed by atoms with Crippen molar-refractivity contribution in [2.45, 2.75) is 12.8 Å². The SMILES string of the molecule is Cc1cc(C(=O)NCC(c2ccccc2)c2ccccc2)ccc1N1CCNC1=O. The molecule has 1 saturated heterocycles. The van der Waals surface area contributed by atoms with Crippen molar-refractivity contribution in [2.75, 3.05) is 24.5 Å². The number of aryl methyl sites for hydroxylation is 1. The van der Waals surface area contributed by atoms with Crippen molar-refractivity contribution < 1.29 is 9.59 Å². The molecule has 3 aromatic rings. The number of hydrogen-bond acceptors (Lipinski definition) is 2. The Kier molecular flexibility index (Phi) is 5.80. The molecule has 3 aromatic carbocycles. The van der Waals surface area contributed by atoms with E-state index in [2.05, 4.69) is 34.9 Å². The fraction of sp³-hybridized carbons (Fsp3) is 0.200. The van der Waals surface area contributed by atoms with Crippen LogP contribution in [0.15, 0.2) is 78.9 Å². The third-order valence-corrected chi connectivity index (χ3v) is 5.48. The van der Waals surface area contributed by atoms with Gasteiger partial charge in [0, 0.05) is 36.8 Å². The molecule has 1 aliphatic heterocycles. The topological polar surface area (TPSA) is 61.4 Å². The molecule has 2 N–H and O–H groups in total. The Morgan fingerprint density at radius 2 is 1.63 bits per heavy atom. The van der Waals surface area contributed by atoms with Gasteiger partial charge in [0.05, 0.1) is 0 Å². The van der Waals surface area contributed by atoms with Crippen LogP contribution in [-0.4, -0.2) is 31.6 Å². The molecule has 30 heavy (non-hydrogen) atoms. The molecule has 0 aromatic heterocycles. The molecule has 0 radical (unpaired) electrons. The van der Waals surface area contributed by atoms with Crippen LogP contribution in [0.1, 0.15) is 33.0 Å². The van der Waals surface area contributed by atoms with E-state index in [-0.39, 0.29) is 17.9 Å². The lowest BCUT2D eigenvalue weighted by molar-refractivity contribution is 0.0952. The molecule has 1 aliphatic rings. The Hall–Kier alpha value is -3.60. The van der Waals surface area contributed by atoms with E-state index < -0.39 is 0 Å². The average molecular weight is 399 g/mol. The predicted octanol–water partition coefficient (Wildman–Crippen LogP) is 4.09. The summed E-state index contributed by atoms with van der Waals surface area (Å²) in [6.07, 6.45) is 0. The van der Waals surface area contributed by atoms with Crippen LogP contribution in [0.4, 0.5) is 10.5 Å². The van der Waals surface area contributed by atoms with Crippen LogP contribution in [0, 0.1) is 6.92 Å². The van der Waals surface area contributed by atoms with Gasteiger partial charge >= 0.3 is 6.03 Å². The van der Waals surface area contributed by atoms with Gasteiger partial charge in [0.1, 0.15) is 0 Å². The predicted molar refractivity (Wildman–Crippen MR) is 119 cm³/mol. The highest BCUT2D eigenvalue weighted by Crippen LogP contribution is 2.25. The van der Waals surface area contributed by atoms with Gasteiger partial charge in [-0.1, -0.05) is 60.7 Å². The summed E-state index contributed by atoms with van der Waals surface area (Å²) in [5.41, 5.74) is 4.66. The number of carbonyl (C=O) groups excluding carboxylic acids is 2. The van der Waals surface area contributed by atoms with Crippen molar-refractivity contribution >= 4 is 17.6 Å². The van der Waals surface area contributed by atoms with Gasteiger partial charge < -0.3 is 10.6 Å². The highest BCUT2D eigenvalue weighted by Gasteiger charge is 2.23. The highest BCUT2D eigenvalue weighted by atomic mass is 16.2. The summed E-state index contributed by atoms with van der Waals surface area (Å²) in [5, 5.41) is 5.89. The quantitative estimate of drug-likeness (QED) is 0.656. The number of urea groups is 1. The van der Waals surface area contributed by atoms with Crippen molar-refractivity contribution in [3.05, 3.63) is 101 Å². The van der Waals surface area contributed by atoms with E-state index in [0.717, 1.165) is 22.4 Å². The maximum absolute atomic E-state index is 12.9. The van der Waals surface area contributed by atoms with Crippen LogP contribution in [0.5, 0.6) is 0 Å². The average Bonchev–Trinajstić information content (AvgIpc) is 3.20. The first kappa shape index (κ1) is 19.7. The van der Waals surface area contributed by atoms with Crippen LogP contribution in [0.25, 0.3) is 0 Å². The number of benzene rings is 3. The smallest absolute Gasteiger partial charge is 0.322 e. The Morgan fingerprint density at radius 3 is 2.17 bits per heavy atom. The third-order valence-electron chi connectivity index (χ3n) is 5.48. The Bertz CT molecular complexity index is 995. The molecule has 5 nitrogen and oxygen atoms in total. The van der Waals surface area contributed by atoms with Crippen LogP contribution in [0.2, 0.25) is 0 Å². The molecule has 0 atom stereocenters. The van der Waals surface area contributed by atoms with Gasteiger partial charge in [-0.3, -0.25) is 9.69 Å². The van der Waals surface area contributed by atoms with E-state index >= 15 is 0 Å². The number of hydrogen-bond donors (Lipinski definition) is 2. The molecule has 4 rings (SSSR count). The van der Waals surface area contributed by atoms with E-state index in [1.165, 1.54) is 0 Å². The van der Waals surface area contributed by atoms with Crippen molar-refractivity contribution in [1.82, 2.24) is 10.6 Å². The van der Waals surface area contributed by atoms with Crippen molar-refractivity contribution in [3.8, 4) is 0 Å². The lowest BCUT2D eigenvalue weighted by atomic mass is 9.91. The van der Waals surface area contributed by atoms with Crippen molar-refractivity contribution in [1.29, 1.82) is 0 Å². The minimum atomic E-state index is -0.118. The van der Waals surface area contributed by atoms with Gasteiger partial charge in [-0.25, -0.2) is 4.79 Å². The first-order valence-corrected chi connectivity index (χ1v) is 10.2. The molecule has 0 unspecified atom stereocenters. The Morgan fingerprint density at radius 1 is 1.00 bits per heavy atom. The highest BCUT2D eigenvalue weighted by molar-refractivity contribution is 5.98. The molecule has 152 valence electrons. The number of nitrogens with zero attached hydrogens (tertiary/aromatic N) is 1. The number of rotatable bonds is 6. The van der Waals surface area contributed by atoms with E-state index in [1.54, 1.807) is 11.0 Å². The van der Waals surface area contributed by atoms with Gasteiger partial charge in [0.2, 0.25) is 0 Å². The van der Waals surface area contributed by atoms with E-state index in [0.29, 0.717) is 25.2 Å². The molecule has 1 fully saturated rings. The second-order valence-corrected chi connectivity index (χ2v) is 7.47. The van der Waals surface area contributed by atoms with Crippen LogP contribution in [0.3, 0.4) is 0 Å². The monoisotopic (exact) mass is 399 g/mol. The zero-order chi connectivity index (χ0) is 20.9. The summed E-state index contributed by atoms with van der Waals surface area (Å²) in [6.45, 7) is 3.71. The minimum Gasteiger partial charge on any atom is -0.351 e. The summed E-state index contributed by atoms with van der Waals surface area (Å²) in [6, 6.07) is 25.8. The van der Waals surface area contributed by atoms with Crippen LogP contribution < -0.4 is 15.5 Å². The van der Waals surface area contributed by atoms with Gasteiger partial charge in [0.25, 0.3) is 5.91 Å². The maximum Gasteiger partial charge on any atom is 0.322 e. The van der Waals surface area contributed by atoms with Crippen molar-refractivity contribution in [2.24, 2.45) is 0 Å². The van der Waals surface area contributed by atoms with E-state index in [9.17, 15) is 9.59 Å². The molecule has 3 amide bonds. The minimum absolute atomic E-state index is 0.0741. The maximum atomic E-state index is 12.9. The van der Waals surface area contributed by atoms with Crippen molar-refractivity contribution in [3.63, 3.8) is 0 Å². The lowest BCUT2D eigenvalue weighted by Crippen LogP contribution is -2.30. The zero-order valence-corrected chi connectivity index (χ0v) is 17.0. The fourth-order valence-corrected chi connectivity index (χ4v) is 3.90. The summed E-state index contributed by atoms with van der Waals surface area (Å²) in [4.78, 5) is 26.5. The summed E-state index contributed by atoms with van der Waals surface area (Å²) in [7, 11) is 0. The molecule has 0 spiro atoms. The fourth-order valence-electron chi connectivity index (χ4n) is 3.90. The van der Waals surface area contributed by atoms with Crippen LogP contribution in [-0.2, 0) is 0 Å². The normalized spacial score (nSPS) is 13.4. The number of anilines is 1. The van der Waals surface area contributed by atoms with Gasteiger partial charge in [-0.2, -0.15) is 0 Å². The second kappa shape index (κ2) is 8.82. The zero-order valence-electron chi connectivity index (χ0n) is 17.0. The molecule has 0 saturated carbocycles.